The quantitative estimate of drug-likeness (QED) is 0.0402. The van der Waals surface area contributed by atoms with Gasteiger partial charge in [-0.05, 0) is 144 Å². The van der Waals surface area contributed by atoms with E-state index in [1.54, 1.807) is 24.2 Å². The van der Waals surface area contributed by atoms with Crippen LogP contribution in [0, 0.1) is 35.5 Å². The van der Waals surface area contributed by atoms with Crippen LogP contribution in [0.2, 0.25) is 0 Å². The fourth-order valence-electron chi connectivity index (χ4n) is 19.8. The number of pyridine rings is 2. The maximum atomic E-state index is 14.1. The van der Waals surface area contributed by atoms with Gasteiger partial charge >= 0.3 is 5.97 Å². The summed E-state index contributed by atoms with van der Waals surface area (Å²) in [6, 6.07) is 1.16. The first-order chi connectivity index (χ1) is 61.9. The number of unbranched alkanes of at least 4 members (excludes halogenated alkanes) is 2. The summed E-state index contributed by atoms with van der Waals surface area (Å²) in [7, 11) is 0. The Kier molecular flexibility index (Phi) is 43.5. The number of carbonyl (C=O) groups is 8. The molecule has 7 heterocycles. The van der Waals surface area contributed by atoms with Crippen molar-refractivity contribution in [1.82, 2.24) is 36.1 Å². The zero-order chi connectivity index (χ0) is 93.3. The number of ether oxygens (including phenoxy) is 10. The van der Waals surface area contributed by atoms with Crippen molar-refractivity contribution in [2.45, 2.75) is 408 Å². The van der Waals surface area contributed by atoms with Crippen LogP contribution in [0.3, 0.4) is 0 Å². The summed E-state index contributed by atoms with van der Waals surface area (Å²) in [6.07, 6.45) is -4.94. The minimum atomic E-state index is -1.65. The van der Waals surface area contributed by atoms with Gasteiger partial charge in [0.05, 0.1) is 61.0 Å². The van der Waals surface area contributed by atoms with E-state index in [1.165, 1.54) is 33.2 Å². The molecule has 5 aliphatic heterocycles. The summed E-state index contributed by atoms with van der Waals surface area (Å²) >= 11 is 0. The zero-order valence-electron chi connectivity index (χ0n) is 76.3. The average Bonchev–Trinajstić information content (AvgIpc) is 0.773. The van der Waals surface area contributed by atoms with E-state index in [9.17, 15) is 94.5 Å². The van der Waals surface area contributed by atoms with Crippen LogP contribution in [0.4, 0.5) is 0 Å². The summed E-state index contributed by atoms with van der Waals surface area (Å²) in [5.74, 6) is -4.83. The van der Waals surface area contributed by atoms with Crippen molar-refractivity contribution in [1.29, 1.82) is 0 Å². The Balaban J connectivity index is 0.000000291. The summed E-state index contributed by atoms with van der Waals surface area (Å²) in [5, 5.41) is 130. The molecule has 15 N–H and O–H groups in total. The highest BCUT2D eigenvalue weighted by atomic mass is 16.7. The van der Waals surface area contributed by atoms with Gasteiger partial charge in [-0.2, -0.15) is 0 Å². The third-order valence-electron chi connectivity index (χ3n) is 27.5. The molecule has 0 bridgehead atoms. The molecule has 2 aromatic rings. The van der Waals surface area contributed by atoms with Crippen LogP contribution in [0.5, 0.6) is 0 Å². The number of ketones is 2. The van der Waals surface area contributed by atoms with Gasteiger partial charge in [-0.25, -0.2) is 4.79 Å². The van der Waals surface area contributed by atoms with E-state index in [2.05, 4.69) is 45.1 Å². The van der Waals surface area contributed by atoms with Crippen molar-refractivity contribution in [3.05, 3.63) is 59.2 Å². The van der Waals surface area contributed by atoms with Gasteiger partial charge in [0, 0.05) is 89.5 Å². The Morgan fingerprint density at radius 2 is 0.877 bits per heavy atom. The van der Waals surface area contributed by atoms with Crippen LogP contribution in [-0.2, 0) is 89.0 Å². The minimum absolute atomic E-state index is 0. The first-order valence-corrected chi connectivity index (χ1v) is 47.6. The lowest BCUT2D eigenvalue weighted by Crippen LogP contribution is -2.67. The molecule has 0 aromatic carbocycles. The second-order valence-electron chi connectivity index (χ2n) is 37.2. The Labute approximate surface area is 764 Å². The standard InChI is InChI=1S/C48H76N4O14.C45H71N3O15.CH4/c1-5-7-13-30-20-33(25-49-24-30)45(60)50-17-11-16-34(55)32-22-31(6-2)43(66-48-42(59)41(58)39(56)27(3)62-48)35(23-32)64-47-38(51-28(4)54)44(40(57)37(26-53)65-47)63-36(46(61)52-18-12-19-52)21-29-14-9-8-10-15-29;1-5-7-12-27-17-30(22-46-21-27)42(56)47-16-11-15-31(51)29-19-28(6-2)40(63-45-39(55)38(54)36(52)24(3)59-45)32(20-29)61-44-35(48-25(4)50)41(37(53)34(23-49)62-44)60-33(43(57)58)18-26-13-9-8-10-14-26;/h20,24-25,27,29,31-32,35-44,47-48,53,56-59H,5-19,21-23,26H2,1-4H3,(H,50,60)(H,51,54);17,21-22,24,26,28-29,32-41,44-45,49,52-55H,5-16,18-20,23H2,1-4H3,(H,47,56)(H,48,50)(H,57,58);1H4/t27?,31?,32?,35-,36+,37+,38?,39-,40+,41+,42?,43-,44?,47-,48+;24?,28?,29?,32-,33+,34+,35?,36-,37+,38+,39?,40-,41?,44-,45+;/m11./s1. The molecule has 12 unspecified atom stereocenters. The Morgan fingerprint density at radius 3 is 1.24 bits per heavy atom. The topological polar surface area (TPSA) is 529 Å². The monoisotopic (exact) mass is 1840 g/mol. The van der Waals surface area contributed by atoms with E-state index >= 15 is 0 Å². The van der Waals surface area contributed by atoms with Crippen molar-refractivity contribution in [2.24, 2.45) is 35.5 Å². The predicted molar refractivity (Wildman–Crippen MR) is 470 cm³/mol. The zero-order valence-corrected chi connectivity index (χ0v) is 76.3. The van der Waals surface area contributed by atoms with Gasteiger partial charge in [0.15, 0.2) is 31.3 Å². The normalized spacial score (nSPS) is 34.2. The molecule has 130 heavy (non-hydrogen) atoms. The fraction of sp³-hybridized carbons (Fsp3) is 0.809. The average molecular weight is 1840 g/mol. The number of carboxylic acid groups (broad SMARTS) is 1. The maximum Gasteiger partial charge on any atom is 0.332 e. The lowest BCUT2D eigenvalue weighted by Gasteiger charge is -2.49. The molecule has 4 aliphatic carbocycles. The van der Waals surface area contributed by atoms with E-state index in [4.69, 9.17) is 47.4 Å². The number of aryl methyl sites for hydroxylation is 2. The van der Waals surface area contributed by atoms with Crippen LogP contribution in [0.15, 0.2) is 36.9 Å². The molecule has 9 fully saturated rings. The molecule has 11 rings (SSSR count). The van der Waals surface area contributed by atoms with Crippen LogP contribution >= 0.6 is 0 Å². The van der Waals surface area contributed by atoms with Crippen molar-refractivity contribution < 1.29 is 142 Å². The lowest BCUT2D eigenvalue weighted by atomic mass is 9.74. The van der Waals surface area contributed by atoms with Crippen LogP contribution in [0.25, 0.3) is 0 Å². The SMILES string of the molecule is C.CCCCc1cncc(C(=O)NCCCC(=O)C2CC(CC)[C@@H](O[C@@H]3OC(C)[C@@H](O)[C@H](O)C3O)[C@H](O[C@@H]3O[C@@H](CO)[C@H](O)C(O[C@@H](CC4CCCCC4)C(=O)N4CCC4)C3NC(C)=O)C2)c1.CCCCc1cncc(C(=O)NCCCC(=O)C2CC(CC)[C@@H](O[C@@H]3OC(C)[C@@H](O)[C@H](O)C3O)[C@H](O[C@@H]3O[C@@H](CO)[C@H](O)C(O[C@@H](CC4CCCCC4)C(=O)O)C3NC(C)=O)C2)c1. The molecule has 36 nitrogen and oxygen atoms in total. The molecule has 9 aliphatic rings. The van der Waals surface area contributed by atoms with E-state index in [-0.39, 0.29) is 99.7 Å². The third-order valence-corrected chi connectivity index (χ3v) is 27.5. The molecule has 4 saturated carbocycles. The van der Waals surface area contributed by atoms with Crippen LogP contribution < -0.4 is 21.3 Å². The first kappa shape index (κ1) is 107. The molecule has 2 aromatic heterocycles. The van der Waals surface area contributed by atoms with Crippen molar-refractivity contribution in [3.63, 3.8) is 0 Å². The largest absolute Gasteiger partial charge is 0.479 e. The number of carbonyl (C=O) groups excluding carboxylic acids is 7. The highest BCUT2D eigenvalue weighted by Crippen LogP contribution is 2.44. The van der Waals surface area contributed by atoms with Gasteiger partial charge in [0.25, 0.3) is 17.7 Å². The number of carboxylic acids is 1. The molecule has 0 spiro atoms. The summed E-state index contributed by atoms with van der Waals surface area (Å²) < 4.78 is 63.4. The number of rotatable bonds is 42. The molecular formula is C94H151N7O29. The van der Waals surface area contributed by atoms with Gasteiger partial charge in [-0.1, -0.05) is 125 Å². The molecule has 5 saturated heterocycles. The van der Waals surface area contributed by atoms with Crippen LogP contribution in [-0.4, -0.2) is 317 Å². The Morgan fingerprint density at radius 1 is 0.477 bits per heavy atom. The van der Waals surface area contributed by atoms with E-state index < -0.39 is 208 Å². The van der Waals surface area contributed by atoms with Gasteiger partial charge in [0.2, 0.25) is 11.8 Å². The number of nitrogens with one attached hydrogen (secondary N) is 4. The number of aromatic nitrogens is 2. The van der Waals surface area contributed by atoms with Crippen molar-refractivity contribution in [3.8, 4) is 0 Å². The predicted octanol–water partition coefficient (Wildman–Crippen LogP) is 4.64. The fourth-order valence-corrected chi connectivity index (χ4v) is 19.8. The van der Waals surface area contributed by atoms with Gasteiger partial charge in [-0.3, -0.25) is 43.5 Å². The smallest absolute Gasteiger partial charge is 0.332 e. The number of hydrogen-bond acceptors (Lipinski definition) is 30. The number of amides is 5. The first-order valence-electron chi connectivity index (χ1n) is 47.6. The second-order valence-corrected chi connectivity index (χ2v) is 37.2. The molecule has 36 heteroatoms. The Hall–Kier alpha value is -6.34. The summed E-state index contributed by atoms with van der Waals surface area (Å²) in [5.41, 5.74) is 2.85. The van der Waals surface area contributed by atoms with Gasteiger partial charge in [-0.15, -0.1) is 0 Å². The van der Waals surface area contributed by atoms with E-state index in [1.807, 2.05) is 26.0 Å². The lowest BCUT2D eigenvalue weighted by molar-refractivity contribution is -0.338. The highest BCUT2D eigenvalue weighted by Gasteiger charge is 2.56. The van der Waals surface area contributed by atoms with Crippen LogP contribution in [0.1, 0.15) is 268 Å². The molecular weight excluding hydrogens is 1690 g/mol. The number of aliphatic hydroxyl groups is 10. The van der Waals surface area contributed by atoms with Gasteiger partial charge in [0.1, 0.15) is 103 Å². The number of hydrogen-bond donors (Lipinski definition) is 15. The summed E-state index contributed by atoms with van der Waals surface area (Å²) in [4.78, 5) is 117. The Bertz CT molecular complexity index is 3840. The van der Waals surface area contributed by atoms with Crippen molar-refractivity contribution >= 4 is 47.1 Å². The minimum Gasteiger partial charge on any atom is -0.479 e. The number of Topliss-reactive ketones (excluding diaryl/α,β-unsaturated/α-hetero) is 2. The molecule has 0 radical (unpaired) electrons. The van der Waals surface area contributed by atoms with E-state index in [0.29, 0.717) is 69.2 Å². The molecule has 736 valence electrons. The number of aliphatic hydroxyl groups excluding tert-OH is 10. The molecule has 30 atom stereocenters. The summed E-state index contributed by atoms with van der Waals surface area (Å²) in [6.45, 7) is 13.9. The number of nitrogens with zero attached hydrogens (tertiary/aromatic N) is 3. The highest BCUT2D eigenvalue weighted by molar-refractivity contribution is 5.94. The van der Waals surface area contributed by atoms with E-state index in [0.717, 1.165) is 120 Å². The maximum absolute atomic E-state index is 14.1. The number of aliphatic carboxylic acids is 1. The van der Waals surface area contributed by atoms with Crippen molar-refractivity contribution in [2.75, 3.05) is 39.4 Å². The second kappa shape index (κ2) is 52.7. The van der Waals surface area contributed by atoms with Gasteiger partial charge < -0.3 is 130 Å². The third kappa shape index (κ3) is 29.3. The number of likely N-dealkylation sites (tertiary alicyclic amines) is 1. The molecule has 5 amide bonds.